The Bertz CT molecular complexity index is 2000. The summed E-state index contributed by atoms with van der Waals surface area (Å²) in [5, 5.41) is 2.27. The zero-order valence-corrected chi connectivity index (χ0v) is 24.7. The van der Waals surface area contributed by atoms with Crippen LogP contribution in [-0.2, 0) is 26.4 Å². The minimum atomic E-state index is -3.95. The molecule has 6 rings (SSSR count). The van der Waals surface area contributed by atoms with E-state index in [4.69, 9.17) is 0 Å². The second kappa shape index (κ2) is 11.2. The number of sulfone groups is 1. The molecule has 0 bridgehead atoms. The average Bonchev–Trinajstić information content (AvgIpc) is 3.85. The van der Waals surface area contributed by atoms with E-state index >= 15 is 0 Å². The second-order valence-electron chi connectivity index (χ2n) is 10.6. The molecule has 5 aromatic rings. The van der Waals surface area contributed by atoms with Crippen LogP contribution in [0.3, 0.4) is 0 Å². The van der Waals surface area contributed by atoms with Crippen molar-refractivity contribution >= 4 is 42.5 Å². The van der Waals surface area contributed by atoms with Gasteiger partial charge in [0.1, 0.15) is 0 Å². The summed E-state index contributed by atoms with van der Waals surface area (Å²) in [7, 11) is -7.38. The number of pyridine rings is 1. The second-order valence-corrected chi connectivity index (χ2v) is 14.4. The third kappa shape index (κ3) is 6.15. The Morgan fingerprint density at radius 1 is 0.833 bits per heavy atom. The first-order valence-corrected chi connectivity index (χ1v) is 17.1. The minimum Gasteiger partial charge on any atom is -0.262 e. The Kier molecular flexibility index (Phi) is 7.43. The molecule has 1 aliphatic rings. The van der Waals surface area contributed by atoms with Crippen molar-refractivity contribution in [2.45, 2.75) is 30.2 Å². The Labute approximate surface area is 247 Å². The van der Waals surface area contributed by atoms with E-state index in [-0.39, 0.29) is 11.4 Å². The van der Waals surface area contributed by atoms with Crippen molar-refractivity contribution in [3.05, 3.63) is 131 Å². The summed E-state index contributed by atoms with van der Waals surface area (Å²) >= 11 is 0. The molecular weight excluding hydrogens is 565 g/mol. The monoisotopic (exact) mass is 594 g/mol. The predicted octanol–water partition coefficient (Wildman–Crippen LogP) is 7.19. The number of rotatable bonds is 9. The molecule has 1 saturated carbocycles. The van der Waals surface area contributed by atoms with Crippen molar-refractivity contribution in [1.29, 1.82) is 0 Å². The van der Waals surface area contributed by atoms with E-state index in [1.165, 1.54) is 52.4 Å². The molecule has 0 unspecified atom stereocenters. The molecule has 4 aromatic carbocycles. The number of hydrogen-bond donors (Lipinski definition) is 0. The molecule has 1 aliphatic carbocycles. The van der Waals surface area contributed by atoms with Crippen molar-refractivity contribution in [1.82, 2.24) is 4.98 Å². The van der Waals surface area contributed by atoms with E-state index in [2.05, 4.69) is 23.2 Å². The minimum absolute atomic E-state index is 0.0567. The smallest absolute Gasteiger partial charge is 0.257 e. The fourth-order valence-corrected chi connectivity index (χ4v) is 6.93. The van der Waals surface area contributed by atoms with Gasteiger partial charge in [-0.3, -0.25) is 9.29 Å². The van der Waals surface area contributed by atoms with Crippen LogP contribution in [0.15, 0.2) is 120 Å². The molecule has 6 nitrogen and oxygen atoms in total. The van der Waals surface area contributed by atoms with Crippen LogP contribution in [0.1, 0.15) is 35.4 Å². The predicted molar refractivity (Wildman–Crippen MR) is 169 cm³/mol. The number of nitrogens with zero attached hydrogens (tertiary/aromatic N) is 2. The lowest BCUT2D eigenvalue weighted by atomic mass is 9.96. The summed E-state index contributed by atoms with van der Waals surface area (Å²) in [5.74, 6) is 0.573. The van der Waals surface area contributed by atoms with Gasteiger partial charge in [-0.2, -0.15) is 0 Å². The Morgan fingerprint density at radius 2 is 1.60 bits per heavy atom. The van der Waals surface area contributed by atoms with Gasteiger partial charge in [0.15, 0.2) is 9.84 Å². The molecular formula is C34H30N2O4S2. The maximum Gasteiger partial charge on any atom is 0.257 e. The van der Waals surface area contributed by atoms with Gasteiger partial charge in [0.2, 0.25) is 0 Å². The summed E-state index contributed by atoms with van der Waals surface area (Å²) in [4.78, 5) is 4.80. The zero-order valence-electron chi connectivity index (χ0n) is 23.1. The fourth-order valence-electron chi connectivity index (χ4n) is 5.08. The maximum absolute atomic E-state index is 13.8. The van der Waals surface area contributed by atoms with E-state index in [0.717, 1.165) is 39.4 Å². The summed E-state index contributed by atoms with van der Waals surface area (Å²) in [6.07, 6.45) is 6.85. The molecule has 0 saturated heterocycles. The van der Waals surface area contributed by atoms with Gasteiger partial charge in [-0.1, -0.05) is 54.6 Å². The Morgan fingerprint density at radius 3 is 2.31 bits per heavy atom. The Balaban J connectivity index is 1.40. The standard InChI is InChI=1S/C34H30N2O4S2/c1-41(37,38)32-16-14-31(15-17-32)36(42(39,40)20-18-25-7-3-2-4-8-25)24-26-9-5-10-28(21-26)33-23-30(27-12-13-27)22-29-11-6-19-35-34(29)33/h2-11,14-23,27H,12-13,24H2,1H3. The first kappa shape index (κ1) is 27.9. The Hall–Kier alpha value is -4.27. The van der Waals surface area contributed by atoms with E-state index in [1.54, 1.807) is 12.3 Å². The largest absolute Gasteiger partial charge is 0.262 e. The van der Waals surface area contributed by atoms with E-state index in [9.17, 15) is 16.8 Å². The van der Waals surface area contributed by atoms with Crippen LogP contribution in [0.2, 0.25) is 0 Å². The summed E-state index contributed by atoms with van der Waals surface area (Å²) in [6.45, 7) is 0.0567. The van der Waals surface area contributed by atoms with Crippen LogP contribution in [-0.4, -0.2) is 28.1 Å². The molecule has 8 heteroatoms. The normalized spacial score (nSPS) is 13.9. The van der Waals surface area contributed by atoms with Crippen LogP contribution in [0.5, 0.6) is 0 Å². The van der Waals surface area contributed by atoms with Crippen molar-refractivity contribution < 1.29 is 16.8 Å². The molecule has 1 fully saturated rings. The molecule has 0 radical (unpaired) electrons. The van der Waals surface area contributed by atoms with Gasteiger partial charge in [0, 0.05) is 23.4 Å². The van der Waals surface area contributed by atoms with Crippen LogP contribution in [0.4, 0.5) is 5.69 Å². The van der Waals surface area contributed by atoms with Crippen molar-refractivity contribution in [3.63, 3.8) is 0 Å². The quantitative estimate of drug-likeness (QED) is 0.180. The number of sulfonamides is 1. The van der Waals surface area contributed by atoms with Crippen molar-refractivity contribution in [2.75, 3.05) is 10.6 Å². The van der Waals surface area contributed by atoms with Gasteiger partial charge in [-0.05, 0) is 95.6 Å². The molecule has 0 N–H and O–H groups in total. The topological polar surface area (TPSA) is 84.4 Å². The highest BCUT2D eigenvalue weighted by Gasteiger charge is 2.25. The number of fused-ring (bicyclic) bond motifs is 1. The number of hydrogen-bond acceptors (Lipinski definition) is 5. The van der Waals surface area contributed by atoms with Crippen LogP contribution < -0.4 is 4.31 Å². The molecule has 1 heterocycles. The van der Waals surface area contributed by atoms with Crippen LogP contribution in [0.25, 0.3) is 28.1 Å². The molecule has 0 spiro atoms. The van der Waals surface area contributed by atoms with Gasteiger partial charge in [-0.15, -0.1) is 0 Å². The van der Waals surface area contributed by atoms with Gasteiger partial charge in [0.05, 0.1) is 28.1 Å². The number of anilines is 1. The summed E-state index contributed by atoms with van der Waals surface area (Å²) in [6, 6.07) is 31.5. The highest BCUT2D eigenvalue weighted by atomic mass is 32.2. The lowest BCUT2D eigenvalue weighted by Crippen LogP contribution is -2.28. The molecule has 0 atom stereocenters. The number of benzene rings is 4. The summed E-state index contributed by atoms with van der Waals surface area (Å²) < 4.78 is 52.9. The highest BCUT2D eigenvalue weighted by molar-refractivity contribution is 7.95. The molecule has 212 valence electrons. The number of aromatic nitrogens is 1. The maximum atomic E-state index is 13.8. The fraction of sp³-hybridized carbons (Fsp3) is 0.147. The van der Waals surface area contributed by atoms with Crippen molar-refractivity contribution in [2.24, 2.45) is 0 Å². The van der Waals surface area contributed by atoms with Gasteiger partial charge < -0.3 is 0 Å². The first-order chi connectivity index (χ1) is 20.2. The molecule has 0 aliphatic heterocycles. The highest BCUT2D eigenvalue weighted by Crippen LogP contribution is 2.43. The van der Waals surface area contributed by atoms with E-state index in [0.29, 0.717) is 11.6 Å². The average molecular weight is 595 g/mol. The first-order valence-electron chi connectivity index (χ1n) is 13.7. The third-order valence-corrected chi connectivity index (χ3v) is 9.99. The molecule has 42 heavy (non-hydrogen) atoms. The zero-order chi connectivity index (χ0) is 29.3. The SMILES string of the molecule is CS(=O)(=O)c1ccc(N(Cc2cccc(-c3cc(C4CC4)cc4cccnc34)c2)S(=O)(=O)C=Cc2ccccc2)cc1. The molecule has 0 amide bonds. The lowest BCUT2D eigenvalue weighted by molar-refractivity contribution is 0.599. The van der Waals surface area contributed by atoms with E-state index < -0.39 is 19.9 Å². The van der Waals surface area contributed by atoms with Crippen LogP contribution in [0, 0.1) is 0 Å². The molecule has 1 aromatic heterocycles. The van der Waals surface area contributed by atoms with Gasteiger partial charge in [0.25, 0.3) is 10.0 Å². The third-order valence-electron chi connectivity index (χ3n) is 7.43. The van der Waals surface area contributed by atoms with Gasteiger partial charge >= 0.3 is 0 Å². The van der Waals surface area contributed by atoms with E-state index in [1.807, 2.05) is 60.7 Å². The van der Waals surface area contributed by atoms with Gasteiger partial charge in [-0.25, -0.2) is 16.8 Å². The lowest BCUT2D eigenvalue weighted by Gasteiger charge is -2.23. The van der Waals surface area contributed by atoms with Crippen molar-refractivity contribution in [3.8, 4) is 11.1 Å². The van der Waals surface area contributed by atoms with Crippen LogP contribution >= 0.6 is 0 Å². The summed E-state index contributed by atoms with van der Waals surface area (Å²) in [5.41, 5.74) is 6.11.